The molecule has 1 N–H and O–H groups in total. The van der Waals surface area contributed by atoms with E-state index in [2.05, 4.69) is 4.98 Å². The van der Waals surface area contributed by atoms with E-state index in [0.29, 0.717) is 19.5 Å². The van der Waals surface area contributed by atoms with Gasteiger partial charge < -0.3 is 9.88 Å². The van der Waals surface area contributed by atoms with E-state index >= 15 is 0 Å². The van der Waals surface area contributed by atoms with Crippen LogP contribution in [0.15, 0.2) is 29.1 Å². The second-order valence-electron chi connectivity index (χ2n) is 7.05. The zero-order valence-corrected chi connectivity index (χ0v) is 14.9. The lowest BCUT2D eigenvalue weighted by molar-refractivity contribution is -0.137. The molecule has 1 saturated heterocycles. The quantitative estimate of drug-likeness (QED) is 0.829. The van der Waals surface area contributed by atoms with E-state index in [1.807, 2.05) is 40.7 Å². The Balaban J connectivity index is 1.51. The molecule has 2 aliphatic rings. The molecule has 2 aromatic rings. The Labute approximate surface area is 149 Å². The molecule has 128 valence electrons. The monoisotopic (exact) mass is 367 g/mol. The molecule has 0 spiro atoms. The van der Waals surface area contributed by atoms with Crippen LogP contribution in [0.3, 0.4) is 0 Å². The van der Waals surface area contributed by atoms with Crippen molar-refractivity contribution in [3.8, 4) is 0 Å². The minimum absolute atomic E-state index is 0.0252. The lowest BCUT2D eigenvalue weighted by Gasteiger charge is -2.34. The molecule has 1 aliphatic carbocycles. The maximum Gasteiger partial charge on any atom is 0.326 e. The number of hydrogen-bond donors (Lipinski definition) is 1. The van der Waals surface area contributed by atoms with Gasteiger partial charge in [-0.3, -0.25) is 9.36 Å². The fourth-order valence-corrected chi connectivity index (χ4v) is 4.44. The summed E-state index contributed by atoms with van der Waals surface area (Å²) in [5.74, 6) is 0.0252. The van der Waals surface area contributed by atoms with Gasteiger partial charge in [0.25, 0.3) is 0 Å². The minimum atomic E-state index is -0.936. The summed E-state index contributed by atoms with van der Waals surface area (Å²) in [6.07, 6.45) is 2.01. The van der Waals surface area contributed by atoms with Crippen molar-refractivity contribution in [3.63, 3.8) is 0 Å². The van der Waals surface area contributed by atoms with Gasteiger partial charge in [-0.15, -0.1) is 23.2 Å². The van der Waals surface area contributed by atoms with Crippen molar-refractivity contribution in [3.05, 3.63) is 34.7 Å². The summed E-state index contributed by atoms with van der Waals surface area (Å²) in [6, 6.07) is 7.79. The molecular formula is C17H19Cl2N3O2. The van der Waals surface area contributed by atoms with Crippen molar-refractivity contribution in [2.45, 2.75) is 36.6 Å². The van der Waals surface area contributed by atoms with Gasteiger partial charge in [0.2, 0.25) is 5.91 Å². The van der Waals surface area contributed by atoms with Gasteiger partial charge in [0.1, 0.15) is 4.33 Å². The molecule has 1 saturated carbocycles. The van der Waals surface area contributed by atoms with E-state index in [1.165, 1.54) is 0 Å². The van der Waals surface area contributed by atoms with Crippen LogP contribution in [0.4, 0.5) is 0 Å². The summed E-state index contributed by atoms with van der Waals surface area (Å²) in [5, 5.41) is 0. The van der Waals surface area contributed by atoms with E-state index in [4.69, 9.17) is 23.2 Å². The highest BCUT2D eigenvalue weighted by molar-refractivity contribution is 6.53. The molecule has 1 aliphatic heterocycles. The van der Waals surface area contributed by atoms with Gasteiger partial charge in [-0.2, -0.15) is 0 Å². The smallest absolute Gasteiger partial charge is 0.326 e. The van der Waals surface area contributed by atoms with Crippen molar-refractivity contribution in [1.29, 1.82) is 0 Å². The molecule has 2 heterocycles. The Kier molecular flexibility index (Phi) is 3.52. The number of para-hydroxylation sites is 2. The van der Waals surface area contributed by atoms with Gasteiger partial charge in [0.05, 0.1) is 16.4 Å². The Morgan fingerprint density at radius 3 is 2.50 bits per heavy atom. The van der Waals surface area contributed by atoms with Crippen LogP contribution in [0.2, 0.25) is 0 Å². The summed E-state index contributed by atoms with van der Waals surface area (Å²) < 4.78 is 0.887. The number of H-pyrrole nitrogens is 1. The number of nitrogens with one attached hydrogen (secondary N) is 1. The lowest BCUT2D eigenvalue weighted by Crippen LogP contribution is -2.44. The molecule has 0 unspecified atom stereocenters. The number of halogens is 2. The number of benzene rings is 1. The second kappa shape index (κ2) is 5.27. The van der Waals surface area contributed by atoms with Gasteiger partial charge in [-0.1, -0.05) is 12.1 Å². The molecular weight excluding hydrogens is 349 g/mol. The van der Waals surface area contributed by atoms with Gasteiger partial charge in [0.15, 0.2) is 0 Å². The zero-order chi connectivity index (χ0) is 17.1. The first kappa shape index (κ1) is 16.0. The number of likely N-dealkylation sites (tertiary alicyclic amines) is 1. The highest BCUT2D eigenvalue weighted by Crippen LogP contribution is 2.64. The molecule has 7 heteroatoms. The molecule has 1 amide bonds. The van der Waals surface area contributed by atoms with Gasteiger partial charge in [-0.05, 0) is 38.3 Å². The van der Waals surface area contributed by atoms with Crippen LogP contribution >= 0.6 is 23.2 Å². The number of nitrogens with zero attached hydrogens (tertiary/aromatic N) is 2. The van der Waals surface area contributed by atoms with Crippen LogP contribution in [-0.4, -0.2) is 37.8 Å². The number of carbonyl (C=O) groups excluding carboxylic acids is 1. The van der Waals surface area contributed by atoms with E-state index in [1.54, 1.807) is 0 Å². The topological polar surface area (TPSA) is 58.1 Å². The molecule has 5 nitrogen and oxygen atoms in total. The van der Waals surface area contributed by atoms with Crippen molar-refractivity contribution in [2.24, 2.45) is 5.41 Å². The van der Waals surface area contributed by atoms with Crippen LogP contribution in [-0.2, 0) is 4.79 Å². The Hall–Kier alpha value is -1.46. The Bertz CT molecular complexity index is 864. The normalized spacial score (nSPS) is 26.7. The number of fused-ring (bicyclic) bond motifs is 1. The number of imidazole rings is 1. The summed E-state index contributed by atoms with van der Waals surface area (Å²) in [4.78, 5) is 29.7. The molecule has 24 heavy (non-hydrogen) atoms. The number of aromatic amines is 1. The number of alkyl halides is 2. The number of piperidine rings is 1. The maximum atomic E-state index is 12.7. The number of aromatic nitrogens is 2. The minimum Gasteiger partial charge on any atom is -0.342 e. The number of amides is 1. The summed E-state index contributed by atoms with van der Waals surface area (Å²) >= 11 is 12.3. The third kappa shape index (κ3) is 2.29. The summed E-state index contributed by atoms with van der Waals surface area (Å²) in [5.41, 5.74) is 1.01. The van der Waals surface area contributed by atoms with Crippen LogP contribution in [0, 0.1) is 5.41 Å². The largest absolute Gasteiger partial charge is 0.342 e. The molecule has 1 aromatic heterocycles. The fraction of sp³-hybridized carbons (Fsp3) is 0.529. The van der Waals surface area contributed by atoms with Crippen molar-refractivity contribution in [1.82, 2.24) is 14.5 Å². The lowest BCUT2D eigenvalue weighted by atomic mass is 10.0. The fourth-order valence-electron chi connectivity index (χ4n) is 3.74. The maximum absolute atomic E-state index is 12.7. The van der Waals surface area contributed by atoms with E-state index in [0.717, 1.165) is 23.9 Å². The molecule has 1 atom stereocenters. The Morgan fingerprint density at radius 2 is 1.88 bits per heavy atom. The highest BCUT2D eigenvalue weighted by atomic mass is 35.5. The van der Waals surface area contributed by atoms with Crippen molar-refractivity contribution >= 4 is 40.1 Å². The van der Waals surface area contributed by atoms with E-state index < -0.39 is 9.75 Å². The van der Waals surface area contributed by atoms with Gasteiger partial charge >= 0.3 is 5.69 Å². The molecule has 4 rings (SSSR count). The van der Waals surface area contributed by atoms with Crippen LogP contribution < -0.4 is 5.69 Å². The third-order valence-electron chi connectivity index (χ3n) is 5.47. The second-order valence-corrected chi connectivity index (χ2v) is 8.54. The van der Waals surface area contributed by atoms with Gasteiger partial charge in [-0.25, -0.2) is 4.79 Å². The number of carbonyl (C=O) groups is 1. The van der Waals surface area contributed by atoms with E-state index in [-0.39, 0.29) is 17.6 Å². The Morgan fingerprint density at radius 1 is 1.25 bits per heavy atom. The van der Waals surface area contributed by atoms with Crippen molar-refractivity contribution < 1.29 is 4.79 Å². The predicted molar refractivity (Wildman–Crippen MR) is 94.6 cm³/mol. The van der Waals surface area contributed by atoms with Crippen LogP contribution in [0.5, 0.6) is 0 Å². The third-order valence-corrected chi connectivity index (χ3v) is 6.57. The molecule has 0 radical (unpaired) electrons. The molecule has 0 bridgehead atoms. The standard InChI is InChI=1S/C17H19Cl2N3O2/c1-16(10-17(16,18)19)14(23)21-8-6-11(7-9-21)22-13-5-3-2-4-12(13)20-15(22)24/h2-5,11H,6-10H2,1H3,(H,20,24)/t16-/m0/s1. The number of rotatable bonds is 2. The van der Waals surface area contributed by atoms with Crippen LogP contribution in [0.1, 0.15) is 32.2 Å². The summed E-state index contributed by atoms with van der Waals surface area (Å²) in [7, 11) is 0. The van der Waals surface area contributed by atoms with E-state index in [9.17, 15) is 9.59 Å². The van der Waals surface area contributed by atoms with Gasteiger partial charge in [0, 0.05) is 19.1 Å². The first-order chi connectivity index (χ1) is 11.3. The molecule has 1 aromatic carbocycles. The summed E-state index contributed by atoms with van der Waals surface area (Å²) in [6.45, 7) is 3.06. The average molecular weight is 368 g/mol. The van der Waals surface area contributed by atoms with Crippen molar-refractivity contribution in [2.75, 3.05) is 13.1 Å². The first-order valence-corrected chi connectivity index (χ1v) is 8.95. The first-order valence-electron chi connectivity index (χ1n) is 8.20. The zero-order valence-electron chi connectivity index (χ0n) is 13.4. The van der Waals surface area contributed by atoms with Crippen LogP contribution in [0.25, 0.3) is 11.0 Å². The average Bonchev–Trinajstić information content (AvgIpc) is 2.91. The number of hydrogen-bond acceptors (Lipinski definition) is 2. The predicted octanol–water partition coefficient (Wildman–Crippen LogP) is 3.08. The highest BCUT2D eigenvalue weighted by Gasteiger charge is 2.68. The molecule has 2 fully saturated rings. The SMILES string of the molecule is C[C@@]1(C(=O)N2CCC(n3c(=O)[nH]c4ccccc43)CC2)CC1(Cl)Cl.